The number of carbonyl (C=O) groups excluding carboxylic acids is 1. The van der Waals surface area contributed by atoms with Crippen LogP contribution in [0.5, 0.6) is 0 Å². The number of nitrogens with zero attached hydrogens (tertiary/aromatic N) is 4. The lowest BCUT2D eigenvalue weighted by molar-refractivity contribution is 0.0964. The Kier molecular flexibility index (Phi) is 5.39. The molecule has 2 N–H and O–H groups in total. The molecule has 7 nitrogen and oxygen atoms in total. The topological polar surface area (TPSA) is 74.6 Å². The third kappa shape index (κ3) is 3.80. The van der Waals surface area contributed by atoms with E-state index in [1.165, 1.54) is 5.69 Å². The molecular weight excluding hydrogens is 436 g/mol. The van der Waals surface area contributed by atoms with Crippen LogP contribution in [0, 0.1) is 0 Å². The summed E-state index contributed by atoms with van der Waals surface area (Å²) in [4.78, 5) is 19.6. The number of aromatic nitrogens is 3. The molecule has 3 heterocycles. The SMILES string of the molecule is CNC(=O)c1ccc(-c2cnn3cc(-c4ccc(N5CCNCC5)cc4)cnc23)c2ccccc12. The predicted molar refractivity (Wildman–Crippen MR) is 140 cm³/mol. The van der Waals surface area contributed by atoms with Crippen LogP contribution in [-0.4, -0.2) is 53.7 Å². The molecule has 174 valence electrons. The van der Waals surface area contributed by atoms with Crippen LogP contribution >= 0.6 is 0 Å². The van der Waals surface area contributed by atoms with Gasteiger partial charge in [0.2, 0.25) is 0 Å². The molecule has 0 spiro atoms. The molecule has 35 heavy (non-hydrogen) atoms. The molecule has 1 saturated heterocycles. The van der Waals surface area contributed by atoms with E-state index in [1.54, 1.807) is 7.05 Å². The zero-order chi connectivity index (χ0) is 23.8. The number of rotatable bonds is 4. The molecule has 0 aliphatic carbocycles. The average Bonchev–Trinajstić information content (AvgIpc) is 3.35. The van der Waals surface area contributed by atoms with Crippen LogP contribution in [0.15, 0.2) is 79.3 Å². The van der Waals surface area contributed by atoms with E-state index in [4.69, 9.17) is 4.98 Å². The number of anilines is 1. The maximum Gasteiger partial charge on any atom is 0.251 e. The molecule has 1 amide bonds. The largest absolute Gasteiger partial charge is 0.369 e. The zero-order valence-electron chi connectivity index (χ0n) is 19.5. The quantitative estimate of drug-likeness (QED) is 0.423. The van der Waals surface area contributed by atoms with Gasteiger partial charge in [0.15, 0.2) is 5.65 Å². The van der Waals surface area contributed by atoms with Crippen molar-refractivity contribution in [3.8, 4) is 22.3 Å². The normalized spacial score (nSPS) is 13.9. The minimum atomic E-state index is -0.0987. The molecule has 0 unspecified atom stereocenters. The number of amides is 1. The van der Waals surface area contributed by atoms with E-state index in [0.717, 1.165) is 64.9 Å². The van der Waals surface area contributed by atoms with Crippen molar-refractivity contribution in [2.45, 2.75) is 0 Å². The van der Waals surface area contributed by atoms with Crippen LogP contribution in [0.25, 0.3) is 38.7 Å². The van der Waals surface area contributed by atoms with E-state index in [2.05, 4.69) is 44.9 Å². The smallest absolute Gasteiger partial charge is 0.251 e. The van der Waals surface area contributed by atoms with Crippen LogP contribution in [0.1, 0.15) is 10.4 Å². The van der Waals surface area contributed by atoms with Gasteiger partial charge in [-0.05, 0) is 40.1 Å². The van der Waals surface area contributed by atoms with Gasteiger partial charge in [-0.2, -0.15) is 5.10 Å². The van der Waals surface area contributed by atoms with Crippen molar-refractivity contribution in [2.24, 2.45) is 0 Å². The van der Waals surface area contributed by atoms with Crippen molar-refractivity contribution in [3.05, 3.63) is 84.8 Å². The molecule has 0 atom stereocenters. The maximum atomic E-state index is 12.4. The maximum absolute atomic E-state index is 12.4. The average molecular weight is 463 g/mol. The summed E-state index contributed by atoms with van der Waals surface area (Å²) in [5.74, 6) is -0.0987. The lowest BCUT2D eigenvalue weighted by atomic mass is 9.96. The van der Waals surface area contributed by atoms with Crippen LogP contribution in [0.2, 0.25) is 0 Å². The lowest BCUT2D eigenvalue weighted by Crippen LogP contribution is -2.43. The van der Waals surface area contributed by atoms with Crippen molar-refractivity contribution in [3.63, 3.8) is 0 Å². The fourth-order valence-corrected chi connectivity index (χ4v) is 4.87. The highest BCUT2D eigenvalue weighted by molar-refractivity contribution is 6.11. The van der Waals surface area contributed by atoms with Gasteiger partial charge in [0.05, 0.1) is 6.20 Å². The van der Waals surface area contributed by atoms with Gasteiger partial charge in [-0.3, -0.25) is 4.79 Å². The summed E-state index contributed by atoms with van der Waals surface area (Å²) in [6, 6.07) is 20.5. The van der Waals surface area contributed by atoms with E-state index < -0.39 is 0 Å². The first kappa shape index (κ1) is 21.3. The Morgan fingerprint density at radius 3 is 2.43 bits per heavy atom. The number of benzene rings is 3. The summed E-state index contributed by atoms with van der Waals surface area (Å²) in [7, 11) is 1.65. The van der Waals surface area contributed by atoms with Gasteiger partial charge in [0.25, 0.3) is 5.91 Å². The zero-order valence-corrected chi connectivity index (χ0v) is 19.5. The molecular formula is C28H26N6O. The molecule has 2 aromatic heterocycles. The molecule has 5 aromatic rings. The van der Waals surface area contributed by atoms with Crippen molar-refractivity contribution in [2.75, 3.05) is 38.1 Å². The van der Waals surface area contributed by atoms with E-state index >= 15 is 0 Å². The second kappa shape index (κ2) is 8.85. The lowest BCUT2D eigenvalue weighted by Gasteiger charge is -2.29. The second-order valence-corrected chi connectivity index (χ2v) is 8.74. The fourth-order valence-electron chi connectivity index (χ4n) is 4.87. The van der Waals surface area contributed by atoms with E-state index in [-0.39, 0.29) is 5.91 Å². The Morgan fingerprint density at radius 1 is 0.886 bits per heavy atom. The van der Waals surface area contributed by atoms with Crippen LogP contribution in [0.3, 0.4) is 0 Å². The highest BCUT2D eigenvalue weighted by atomic mass is 16.1. The standard InChI is InChI=1S/C28H26N6O/c1-29-28(35)25-11-10-24(22-4-2-3-5-23(22)25)26-17-32-34-18-20(16-31-27(26)34)19-6-8-21(9-7-19)33-14-12-30-13-15-33/h2-11,16-18,30H,12-15H2,1H3,(H,29,35). The number of fused-ring (bicyclic) bond motifs is 2. The summed E-state index contributed by atoms with van der Waals surface area (Å²) in [6.45, 7) is 4.10. The van der Waals surface area contributed by atoms with Gasteiger partial charge >= 0.3 is 0 Å². The van der Waals surface area contributed by atoms with Crippen LogP contribution < -0.4 is 15.5 Å². The number of carbonyl (C=O) groups is 1. The first-order valence-electron chi connectivity index (χ1n) is 11.9. The third-order valence-electron chi connectivity index (χ3n) is 6.73. The van der Waals surface area contributed by atoms with Gasteiger partial charge in [0, 0.05) is 68.0 Å². The Balaban J connectivity index is 1.37. The van der Waals surface area contributed by atoms with Crippen LogP contribution in [-0.2, 0) is 0 Å². The molecule has 0 saturated carbocycles. The summed E-state index contributed by atoms with van der Waals surface area (Å²) >= 11 is 0. The molecule has 3 aromatic carbocycles. The van der Waals surface area contributed by atoms with Crippen molar-refractivity contribution in [1.82, 2.24) is 25.2 Å². The summed E-state index contributed by atoms with van der Waals surface area (Å²) in [5.41, 5.74) is 6.74. The molecule has 0 bridgehead atoms. The van der Waals surface area contributed by atoms with E-state index in [0.29, 0.717) is 5.56 Å². The minimum absolute atomic E-state index is 0.0987. The third-order valence-corrected chi connectivity index (χ3v) is 6.73. The number of nitrogens with one attached hydrogen (secondary N) is 2. The highest BCUT2D eigenvalue weighted by Crippen LogP contribution is 2.33. The molecule has 1 aliphatic heterocycles. The number of hydrogen-bond acceptors (Lipinski definition) is 5. The highest BCUT2D eigenvalue weighted by Gasteiger charge is 2.16. The molecule has 1 aliphatic rings. The summed E-state index contributed by atoms with van der Waals surface area (Å²) in [6.07, 6.45) is 5.77. The van der Waals surface area contributed by atoms with Crippen molar-refractivity contribution >= 4 is 28.0 Å². The summed E-state index contributed by atoms with van der Waals surface area (Å²) < 4.78 is 1.83. The van der Waals surface area contributed by atoms with Crippen LogP contribution in [0.4, 0.5) is 5.69 Å². The van der Waals surface area contributed by atoms with Gasteiger partial charge in [-0.15, -0.1) is 0 Å². The molecule has 7 heteroatoms. The molecule has 1 fully saturated rings. The Morgan fingerprint density at radius 2 is 1.66 bits per heavy atom. The van der Waals surface area contributed by atoms with E-state index in [9.17, 15) is 4.79 Å². The fraction of sp³-hybridized carbons (Fsp3) is 0.179. The summed E-state index contributed by atoms with van der Waals surface area (Å²) in [5, 5.41) is 12.6. The Labute approximate surface area is 203 Å². The Bertz CT molecular complexity index is 1530. The predicted octanol–water partition coefficient (Wildman–Crippen LogP) is 3.99. The van der Waals surface area contributed by atoms with Crippen molar-refractivity contribution in [1.29, 1.82) is 0 Å². The first-order valence-corrected chi connectivity index (χ1v) is 11.9. The molecule has 6 rings (SSSR count). The van der Waals surface area contributed by atoms with E-state index in [1.807, 2.05) is 59.5 Å². The monoisotopic (exact) mass is 462 g/mol. The minimum Gasteiger partial charge on any atom is -0.369 e. The van der Waals surface area contributed by atoms with Crippen molar-refractivity contribution < 1.29 is 4.79 Å². The first-order chi connectivity index (χ1) is 17.2. The number of piperazine rings is 1. The van der Waals surface area contributed by atoms with Gasteiger partial charge < -0.3 is 15.5 Å². The Hall–Kier alpha value is -4.23. The molecule has 0 radical (unpaired) electrons. The second-order valence-electron chi connectivity index (χ2n) is 8.74. The van der Waals surface area contributed by atoms with Gasteiger partial charge in [-0.25, -0.2) is 9.50 Å². The van der Waals surface area contributed by atoms with Gasteiger partial charge in [-0.1, -0.05) is 42.5 Å². The van der Waals surface area contributed by atoms with Gasteiger partial charge in [0.1, 0.15) is 0 Å². The number of hydrogen-bond donors (Lipinski definition) is 2.